The molecule has 1 aromatic heterocycles. The number of aromatic nitrogens is 1. The second-order valence-electron chi connectivity index (χ2n) is 13.1. The number of amides is 2. The zero-order valence-corrected chi connectivity index (χ0v) is 24.6. The minimum atomic E-state index is -3.69. The lowest BCUT2D eigenvalue weighted by atomic mass is 9.86. The molecule has 4 rings (SSSR count). The van der Waals surface area contributed by atoms with E-state index in [1.807, 2.05) is 27.0 Å². The normalized spacial score (nSPS) is 25.7. The SMILES string of the molecule is CN1CCc2[nH]c(=O)c(CC(C#N)NC(=O)[C@@H]3[C@@H]4[C@H](CN3C(=O)[C@@H](NS(C)(=O)=O)C(C)(C)C)C4(C)C)cc2C1. The average Bonchev–Trinajstić information content (AvgIpc) is 3.14. The van der Waals surface area contributed by atoms with Gasteiger partial charge in [-0.3, -0.25) is 14.4 Å². The first-order valence-electron chi connectivity index (χ1n) is 13.3. The summed E-state index contributed by atoms with van der Waals surface area (Å²) >= 11 is 0. The van der Waals surface area contributed by atoms with Crippen LogP contribution >= 0.6 is 0 Å². The van der Waals surface area contributed by atoms with Crippen molar-refractivity contribution in [2.24, 2.45) is 22.7 Å². The van der Waals surface area contributed by atoms with Gasteiger partial charge in [-0.1, -0.05) is 34.6 Å². The number of aromatic amines is 1. The molecule has 11 nitrogen and oxygen atoms in total. The van der Waals surface area contributed by atoms with Gasteiger partial charge in [0.25, 0.3) is 5.56 Å². The molecule has 2 aliphatic heterocycles. The minimum Gasteiger partial charge on any atom is -0.338 e. The van der Waals surface area contributed by atoms with E-state index in [0.717, 1.165) is 30.5 Å². The number of rotatable bonds is 7. The molecule has 12 heteroatoms. The molecule has 1 aliphatic carbocycles. The van der Waals surface area contributed by atoms with Gasteiger partial charge in [0.1, 0.15) is 18.1 Å². The van der Waals surface area contributed by atoms with E-state index in [-0.39, 0.29) is 29.2 Å². The van der Waals surface area contributed by atoms with Gasteiger partial charge in [-0.2, -0.15) is 5.26 Å². The fourth-order valence-electron chi connectivity index (χ4n) is 6.25. The van der Waals surface area contributed by atoms with Crippen molar-refractivity contribution in [1.82, 2.24) is 24.8 Å². The van der Waals surface area contributed by atoms with Crippen molar-refractivity contribution in [2.75, 3.05) is 26.4 Å². The van der Waals surface area contributed by atoms with E-state index in [0.29, 0.717) is 18.7 Å². The Hall–Kier alpha value is -2.75. The zero-order valence-electron chi connectivity index (χ0n) is 23.8. The fourth-order valence-corrected chi connectivity index (χ4v) is 7.13. The molecule has 3 heterocycles. The maximum atomic E-state index is 13.7. The summed E-state index contributed by atoms with van der Waals surface area (Å²) in [5.74, 6) is -0.937. The number of pyridine rings is 1. The van der Waals surface area contributed by atoms with Crippen LogP contribution < -0.4 is 15.6 Å². The molecule has 0 aromatic carbocycles. The van der Waals surface area contributed by atoms with Gasteiger partial charge < -0.3 is 20.1 Å². The lowest BCUT2D eigenvalue weighted by Gasteiger charge is -2.37. The molecule has 214 valence electrons. The van der Waals surface area contributed by atoms with E-state index in [9.17, 15) is 28.1 Å². The zero-order chi connectivity index (χ0) is 29.1. The molecule has 39 heavy (non-hydrogen) atoms. The van der Waals surface area contributed by atoms with Gasteiger partial charge in [0.15, 0.2) is 0 Å². The van der Waals surface area contributed by atoms with E-state index in [2.05, 4.69) is 26.0 Å². The summed E-state index contributed by atoms with van der Waals surface area (Å²) in [6.45, 7) is 11.3. The van der Waals surface area contributed by atoms with E-state index in [4.69, 9.17) is 0 Å². The summed E-state index contributed by atoms with van der Waals surface area (Å²) in [6, 6.07) is 1.06. The molecule has 1 saturated heterocycles. The molecule has 5 atom stereocenters. The van der Waals surface area contributed by atoms with Crippen molar-refractivity contribution >= 4 is 21.8 Å². The summed E-state index contributed by atoms with van der Waals surface area (Å²) in [5, 5.41) is 12.7. The highest BCUT2D eigenvalue weighted by Crippen LogP contribution is 2.65. The third-order valence-corrected chi connectivity index (χ3v) is 9.24. The van der Waals surface area contributed by atoms with Gasteiger partial charge in [0.05, 0.1) is 12.3 Å². The standard InChI is InChI=1S/C27H40N6O5S/c1-26(2,3)22(31-39(7,37)38)25(36)33-14-18-20(27(18,4)5)21(33)24(35)29-17(12-28)11-15-10-16-13-32(6)9-8-19(16)30-23(15)34/h10,17-18,20-22,31H,8-9,11,13-14H2,1-7H3,(H,29,35)(H,30,34)/t17?,18-,20-,21-,22+/m0/s1. The monoisotopic (exact) mass is 560 g/mol. The molecule has 3 N–H and O–H groups in total. The van der Waals surface area contributed by atoms with Crippen LogP contribution in [0.3, 0.4) is 0 Å². The van der Waals surface area contributed by atoms with Crippen LogP contribution in [0.15, 0.2) is 10.9 Å². The van der Waals surface area contributed by atoms with Gasteiger partial charge in [-0.15, -0.1) is 0 Å². The Morgan fingerprint density at radius 2 is 1.97 bits per heavy atom. The molecule has 0 radical (unpaired) electrons. The molecule has 1 aromatic rings. The highest BCUT2D eigenvalue weighted by molar-refractivity contribution is 7.88. The quantitative estimate of drug-likeness (QED) is 0.435. The van der Waals surface area contributed by atoms with E-state index in [1.165, 1.54) is 4.90 Å². The lowest BCUT2D eigenvalue weighted by Crippen LogP contribution is -2.59. The number of likely N-dealkylation sites (tertiary alicyclic amines) is 1. The van der Waals surface area contributed by atoms with Gasteiger partial charge in [0.2, 0.25) is 21.8 Å². The van der Waals surface area contributed by atoms with Crippen molar-refractivity contribution in [3.8, 4) is 6.07 Å². The van der Waals surface area contributed by atoms with E-state index in [1.54, 1.807) is 20.8 Å². The van der Waals surface area contributed by atoms with Gasteiger partial charge in [-0.05, 0) is 41.3 Å². The Morgan fingerprint density at radius 1 is 1.31 bits per heavy atom. The molecule has 0 spiro atoms. The molecule has 2 amide bonds. The second-order valence-corrected chi connectivity index (χ2v) is 14.9. The fraction of sp³-hybridized carbons (Fsp3) is 0.704. The topological polar surface area (TPSA) is 155 Å². The number of nitrogens with zero attached hydrogens (tertiary/aromatic N) is 3. The highest BCUT2D eigenvalue weighted by atomic mass is 32.2. The predicted molar refractivity (Wildman–Crippen MR) is 146 cm³/mol. The number of carbonyl (C=O) groups is 2. The number of H-pyrrole nitrogens is 1. The van der Waals surface area contributed by atoms with Crippen LogP contribution in [-0.4, -0.2) is 79.5 Å². The lowest BCUT2D eigenvalue weighted by molar-refractivity contribution is -0.143. The van der Waals surface area contributed by atoms with Crippen LogP contribution in [0.2, 0.25) is 0 Å². The van der Waals surface area contributed by atoms with Crippen LogP contribution in [0.25, 0.3) is 0 Å². The highest BCUT2D eigenvalue weighted by Gasteiger charge is 2.69. The average molecular weight is 561 g/mol. The van der Waals surface area contributed by atoms with Crippen LogP contribution in [0, 0.1) is 34.0 Å². The number of nitrogens with one attached hydrogen (secondary N) is 3. The number of fused-ring (bicyclic) bond motifs is 2. The number of piperidine rings is 1. The van der Waals surface area contributed by atoms with E-state index < -0.39 is 45.4 Å². The van der Waals surface area contributed by atoms with Crippen molar-refractivity contribution < 1.29 is 18.0 Å². The number of likely N-dealkylation sites (N-methyl/N-ethyl adjacent to an activating group) is 1. The number of hydrogen-bond donors (Lipinski definition) is 3. The van der Waals surface area contributed by atoms with Crippen molar-refractivity contribution in [1.29, 1.82) is 5.26 Å². The largest absolute Gasteiger partial charge is 0.338 e. The molecular weight excluding hydrogens is 520 g/mol. The van der Waals surface area contributed by atoms with Crippen LogP contribution in [0.1, 0.15) is 51.4 Å². The first-order valence-corrected chi connectivity index (χ1v) is 15.2. The Bertz CT molecular complexity index is 1370. The minimum absolute atomic E-state index is 0.0347. The number of carbonyl (C=O) groups excluding carboxylic acids is 2. The Morgan fingerprint density at radius 3 is 2.56 bits per heavy atom. The maximum absolute atomic E-state index is 13.7. The smallest absolute Gasteiger partial charge is 0.251 e. The molecule has 1 saturated carbocycles. The molecule has 3 aliphatic rings. The molecule has 2 fully saturated rings. The Balaban J connectivity index is 1.56. The number of nitriles is 1. The van der Waals surface area contributed by atoms with Gasteiger partial charge in [0, 0.05) is 43.7 Å². The molecule has 0 bridgehead atoms. The summed E-state index contributed by atoms with van der Waals surface area (Å²) in [4.78, 5) is 46.7. The third kappa shape index (κ3) is 5.90. The van der Waals surface area contributed by atoms with Crippen LogP contribution in [0.4, 0.5) is 0 Å². The molecular formula is C27H40N6O5S. The Kier molecular flexibility index (Phi) is 7.51. The summed E-state index contributed by atoms with van der Waals surface area (Å²) in [6.07, 6.45) is 1.78. The van der Waals surface area contributed by atoms with Crippen LogP contribution in [-0.2, 0) is 39.0 Å². The van der Waals surface area contributed by atoms with Gasteiger partial charge in [-0.25, -0.2) is 13.1 Å². The first kappa shape index (κ1) is 29.2. The van der Waals surface area contributed by atoms with Crippen molar-refractivity contribution in [3.63, 3.8) is 0 Å². The van der Waals surface area contributed by atoms with Crippen molar-refractivity contribution in [2.45, 2.75) is 72.1 Å². The summed E-state index contributed by atoms with van der Waals surface area (Å²) in [7, 11) is -1.69. The first-order chi connectivity index (χ1) is 17.9. The van der Waals surface area contributed by atoms with Crippen molar-refractivity contribution in [3.05, 3.63) is 33.2 Å². The van der Waals surface area contributed by atoms with Crippen LogP contribution in [0.5, 0.6) is 0 Å². The summed E-state index contributed by atoms with van der Waals surface area (Å²) in [5.41, 5.74) is 1.16. The molecule has 1 unspecified atom stereocenters. The Labute approximate surface area is 230 Å². The number of sulfonamides is 1. The number of hydrogen-bond acceptors (Lipinski definition) is 7. The second kappa shape index (κ2) is 10.0. The van der Waals surface area contributed by atoms with Gasteiger partial charge >= 0.3 is 0 Å². The summed E-state index contributed by atoms with van der Waals surface area (Å²) < 4.78 is 26.6. The third-order valence-electron chi connectivity index (χ3n) is 8.58. The maximum Gasteiger partial charge on any atom is 0.251 e. The predicted octanol–water partition coefficient (Wildman–Crippen LogP) is 0.361. The van der Waals surface area contributed by atoms with E-state index >= 15 is 0 Å².